The first-order valence-electron chi connectivity index (χ1n) is 19.5. The van der Waals surface area contributed by atoms with Crippen molar-refractivity contribution in [2.75, 3.05) is 4.90 Å². The molecular formula is C54H37NS. The van der Waals surface area contributed by atoms with E-state index in [0.29, 0.717) is 0 Å². The lowest BCUT2D eigenvalue weighted by molar-refractivity contribution is 0.990. The zero-order valence-corrected chi connectivity index (χ0v) is 31.6. The van der Waals surface area contributed by atoms with E-state index < -0.39 is 0 Å². The van der Waals surface area contributed by atoms with E-state index >= 15 is 0 Å². The standard InChI is InChI=1S/C54H37NS/c1-3-20-44-36(13-1)15-11-25-45(44)40-18-9-16-38(33-40)39-17-10-19-43(34-39)55(52-27-12-26-50-49-24-7-8-28-53(49)56-54(50)52)42-31-29-37(30-32-42)51-35-41-14-2-4-21-46(41)47-22-5-6-23-48(47)51/h1,3-13,15-35H,2,14H2. The van der Waals surface area contributed by atoms with Crippen LogP contribution in [0.3, 0.4) is 0 Å². The average molecular weight is 732 g/mol. The topological polar surface area (TPSA) is 3.24 Å². The molecule has 56 heavy (non-hydrogen) atoms. The van der Waals surface area contributed by atoms with Crippen molar-refractivity contribution in [2.45, 2.75) is 12.8 Å². The van der Waals surface area contributed by atoms with Gasteiger partial charge in [0.05, 0.1) is 10.4 Å². The van der Waals surface area contributed by atoms with Gasteiger partial charge in [0.25, 0.3) is 0 Å². The summed E-state index contributed by atoms with van der Waals surface area (Å²) in [4.78, 5) is 2.45. The number of anilines is 3. The second-order valence-corrected chi connectivity index (χ2v) is 15.8. The van der Waals surface area contributed by atoms with Gasteiger partial charge in [0.15, 0.2) is 0 Å². The Balaban J connectivity index is 1.06. The molecule has 0 N–H and O–H groups in total. The van der Waals surface area contributed by atoms with E-state index in [1.54, 1.807) is 0 Å². The number of nitrogens with zero attached hydrogens (tertiary/aromatic N) is 1. The third-order valence-electron chi connectivity index (χ3n) is 11.5. The zero-order valence-electron chi connectivity index (χ0n) is 30.8. The van der Waals surface area contributed by atoms with Crippen molar-refractivity contribution < 1.29 is 0 Å². The summed E-state index contributed by atoms with van der Waals surface area (Å²) in [5, 5.41) is 7.75. The summed E-state index contributed by atoms with van der Waals surface area (Å²) >= 11 is 1.87. The molecule has 0 aliphatic heterocycles. The molecular weight excluding hydrogens is 695 g/mol. The molecule has 9 aromatic carbocycles. The third-order valence-corrected chi connectivity index (χ3v) is 12.7. The Morgan fingerprint density at radius 3 is 2.00 bits per heavy atom. The molecule has 1 heterocycles. The number of hydrogen-bond donors (Lipinski definition) is 0. The second kappa shape index (κ2) is 13.5. The lowest BCUT2D eigenvalue weighted by atomic mass is 9.87. The molecule has 2 heteroatoms. The van der Waals surface area contributed by atoms with Gasteiger partial charge in [0.2, 0.25) is 0 Å². The van der Waals surface area contributed by atoms with E-state index in [4.69, 9.17) is 0 Å². The van der Waals surface area contributed by atoms with E-state index in [-0.39, 0.29) is 0 Å². The Morgan fingerprint density at radius 2 is 1.11 bits per heavy atom. The Hall–Kier alpha value is -6.74. The Bertz CT molecular complexity index is 3140. The molecule has 0 atom stereocenters. The number of fused-ring (bicyclic) bond motifs is 7. The van der Waals surface area contributed by atoms with Gasteiger partial charge < -0.3 is 4.90 Å². The second-order valence-electron chi connectivity index (χ2n) is 14.8. The van der Waals surface area contributed by atoms with Gasteiger partial charge in [-0.15, -0.1) is 11.3 Å². The maximum Gasteiger partial charge on any atom is 0.0640 e. The highest BCUT2D eigenvalue weighted by Crippen LogP contribution is 2.46. The van der Waals surface area contributed by atoms with Gasteiger partial charge in [-0.25, -0.2) is 0 Å². The Kier molecular flexibility index (Phi) is 7.89. The fourth-order valence-electron chi connectivity index (χ4n) is 8.83. The van der Waals surface area contributed by atoms with E-state index in [0.717, 1.165) is 24.2 Å². The smallest absolute Gasteiger partial charge is 0.0640 e. The minimum absolute atomic E-state index is 1.08. The molecule has 1 aliphatic rings. The summed E-state index contributed by atoms with van der Waals surface area (Å²) in [7, 11) is 0. The van der Waals surface area contributed by atoms with E-state index in [1.807, 2.05) is 11.3 Å². The van der Waals surface area contributed by atoms with Gasteiger partial charge in [-0.2, -0.15) is 0 Å². The third kappa shape index (κ3) is 5.53. The highest BCUT2D eigenvalue weighted by Gasteiger charge is 2.20. The number of hydrogen-bond acceptors (Lipinski definition) is 2. The average Bonchev–Trinajstić information content (AvgIpc) is 3.66. The molecule has 1 aromatic heterocycles. The number of aryl methyl sites for hydroxylation is 1. The molecule has 0 saturated heterocycles. The van der Waals surface area contributed by atoms with Crippen molar-refractivity contribution in [1.29, 1.82) is 0 Å². The number of rotatable bonds is 6. The number of thiophene rings is 1. The molecule has 0 amide bonds. The first-order chi connectivity index (χ1) is 27.8. The van der Waals surface area contributed by atoms with Crippen LogP contribution in [0.2, 0.25) is 0 Å². The predicted octanol–water partition coefficient (Wildman–Crippen LogP) is 15.8. The summed E-state index contributed by atoms with van der Waals surface area (Å²) in [6.45, 7) is 0. The number of benzene rings is 9. The van der Waals surface area contributed by atoms with Crippen molar-refractivity contribution in [1.82, 2.24) is 0 Å². The Morgan fingerprint density at radius 1 is 0.429 bits per heavy atom. The molecule has 264 valence electrons. The van der Waals surface area contributed by atoms with Gasteiger partial charge in [0, 0.05) is 26.8 Å². The van der Waals surface area contributed by atoms with Gasteiger partial charge in [-0.1, -0.05) is 152 Å². The molecule has 0 unspecified atom stereocenters. The van der Waals surface area contributed by atoms with Crippen molar-refractivity contribution in [3.8, 4) is 33.4 Å². The summed E-state index contributed by atoms with van der Waals surface area (Å²) in [5.41, 5.74) is 13.6. The summed E-state index contributed by atoms with van der Waals surface area (Å²) in [6.07, 6.45) is 6.80. The van der Waals surface area contributed by atoms with Crippen LogP contribution in [-0.4, -0.2) is 0 Å². The largest absolute Gasteiger partial charge is 0.309 e. The molecule has 0 bridgehead atoms. The monoisotopic (exact) mass is 731 g/mol. The quantitative estimate of drug-likeness (QED) is 0.165. The first-order valence-corrected chi connectivity index (χ1v) is 20.3. The fraction of sp³-hybridized carbons (Fsp3) is 0.0370. The van der Waals surface area contributed by atoms with Crippen LogP contribution in [0, 0.1) is 0 Å². The van der Waals surface area contributed by atoms with Crippen molar-refractivity contribution in [3.63, 3.8) is 0 Å². The van der Waals surface area contributed by atoms with E-state index in [9.17, 15) is 0 Å². The van der Waals surface area contributed by atoms with Gasteiger partial charge in [0.1, 0.15) is 0 Å². The van der Waals surface area contributed by atoms with E-state index in [1.165, 1.54) is 91.9 Å². The SMILES string of the molecule is C1=Cc2c(cc(-c3ccc(N(c4cccc(-c5cccc(-c6cccc7ccccc67)c5)c4)c4cccc5c4sc4ccccc45)cc3)c3ccccc23)CC1. The van der Waals surface area contributed by atoms with Crippen LogP contribution in [0.5, 0.6) is 0 Å². The molecule has 1 nitrogen and oxygen atoms in total. The van der Waals surface area contributed by atoms with E-state index in [2.05, 4.69) is 205 Å². The van der Waals surface area contributed by atoms with Gasteiger partial charge in [-0.05, 0) is 127 Å². The lowest BCUT2D eigenvalue weighted by Gasteiger charge is -2.27. The van der Waals surface area contributed by atoms with Crippen LogP contribution in [0.1, 0.15) is 17.5 Å². The van der Waals surface area contributed by atoms with Crippen LogP contribution in [-0.2, 0) is 6.42 Å². The van der Waals surface area contributed by atoms with Crippen LogP contribution < -0.4 is 4.90 Å². The van der Waals surface area contributed by atoms with Gasteiger partial charge >= 0.3 is 0 Å². The summed E-state index contributed by atoms with van der Waals surface area (Å²) < 4.78 is 2.59. The summed E-state index contributed by atoms with van der Waals surface area (Å²) in [5.74, 6) is 0. The maximum atomic E-state index is 2.45. The highest BCUT2D eigenvalue weighted by molar-refractivity contribution is 7.26. The van der Waals surface area contributed by atoms with Crippen molar-refractivity contribution in [3.05, 3.63) is 205 Å². The predicted molar refractivity (Wildman–Crippen MR) is 243 cm³/mol. The molecule has 0 radical (unpaired) electrons. The minimum atomic E-state index is 1.08. The van der Waals surface area contributed by atoms with Crippen LogP contribution in [0.15, 0.2) is 194 Å². The van der Waals surface area contributed by atoms with Gasteiger partial charge in [-0.3, -0.25) is 0 Å². The molecule has 0 fully saturated rings. The minimum Gasteiger partial charge on any atom is -0.309 e. The lowest BCUT2D eigenvalue weighted by Crippen LogP contribution is -2.10. The van der Waals surface area contributed by atoms with Crippen LogP contribution in [0.4, 0.5) is 17.1 Å². The molecule has 0 saturated carbocycles. The normalized spacial score (nSPS) is 12.4. The maximum absolute atomic E-state index is 2.45. The molecule has 0 spiro atoms. The van der Waals surface area contributed by atoms with Crippen LogP contribution >= 0.6 is 11.3 Å². The molecule has 11 rings (SSSR count). The Labute approximate surface area is 331 Å². The number of allylic oxidation sites excluding steroid dienone is 1. The zero-order chi connectivity index (χ0) is 37.0. The fourth-order valence-corrected chi connectivity index (χ4v) is 10.0. The summed E-state index contributed by atoms with van der Waals surface area (Å²) in [6, 6.07) is 69.4. The van der Waals surface area contributed by atoms with Crippen molar-refractivity contribution >= 4 is 76.2 Å². The highest BCUT2D eigenvalue weighted by atomic mass is 32.1. The molecule has 10 aromatic rings. The van der Waals surface area contributed by atoms with Crippen molar-refractivity contribution in [2.24, 2.45) is 0 Å². The molecule has 1 aliphatic carbocycles. The first kappa shape index (κ1) is 32.7. The van der Waals surface area contributed by atoms with Crippen LogP contribution in [0.25, 0.3) is 81.2 Å².